The van der Waals surface area contributed by atoms with Gasteiger partial charge in [0.1, 0.15) is 17.2 Å². The predicted molar refractivity (Wildman–Crippen MR) is 85.5 cm³/mol. The van der Waals surface area contributed by atoms with Crippen LogP contribution in [-0.4, -0.2) is 35.6 Å². The fraction of sp³-hybridized carbons (Fsp3) is 1.00. The standard InChI is InChI=1S/C15H30Cl2O3/c1-3-5-7-9-14(16)19-12-13(11-18)20-15(17)10-8-6-4-2/h13-15,18H,3-12H2,1-2H3. The second-order valence-corrected chi connectivity index (χ2v) is 6.06. The molecule has 1 N–H and O–H groups in total. The van der Waals surface area contributed by atoms with Gasteiger partial charge in [-0.25, -0.2) is 0 Å². The van der Waals surface area contributed by atoms with Crippen molar-refractivity contribution in [1.82, 2.24) is 0 Å². The maximum absolute atomic E-state index is 9.27. The van der Waals surface area contributed by atoms with E-state index in [0.29, 0.717) is 0 Å². The maximum Gasteiger partial charge on any atom is 0.131 e. The first-order valence-electron chi connectivity index (χ1n) is 7.80. The van der Waals surface area contributed by atoms with Gasteiger partial charge in [0, 0.05) is 0 Å². The molecule has 3 unspecified atom stereocenters. The normalized spacial score (nSPS) is 16.1. The lowest BCUT2D eigenvalue weighted by atomic mass is 10.2. The van der Waals surface area contributed by atoms with Crippen LogP contribution in [0.4, 0.5) is 0 Å². The van der Waals surface area contributed by atoms with Crippen LogP contribution in [0, 0.1) is 0 Å². The van der Waals surface area contributed by atoms with Crippen molar-refractivity contribution in [2.75, 3.05) is 13.2 Å². The first kappa shape index (κ1) is 20.5. The van der Waals surface area contributed by atoms with Crippen LogP contribution in [0.25, 0.3) is 0 Å². The van der Waals surface area contributed by atoms with E-state index in [1.54, 1.807) is 0 Å². The number of alkyl halides is 2. The summed E-state index contributed by atoms with van der Waals surface area (Å²) in [7, 11) is 0. The Morgan fingerprint density at radius 1 is 0.900 bits per heavy atom. The quantitative estimate of drug-likeness (QED) is 0.372. The zero-order valence-corrected chi connectivity index (χ0v) is 14.3. The summed E-state index contributed by atoms with van der Waals surface area (Å²) in [5.41, 5.74) is -0.677. The number of aliphatic hydroxyl groups is 1. The molecule has 0 aliphatic rings. The number of rotatable bonds is 14. The summed E-state index contributed by atoms with van der Waals surface area (Å²) in [6.45, 7) is 4.48. The molecule has 5 heteroatoms. The Morgan fingerprint density at radius 2 is 1.45 bits per heavy atom. The lowest BCUT2D eigenvalue weighted by molar-refractivity contribution is -0.0630. The highest BCUT2D eigenvalue weighted by Gasteiger charge is 2.16. The maximum atomic E-state index is 9.27. The molecule has 0 rings (SSSR count). The predicted octanol–water partition coefficient (Wildman–Crippen LogP) is 4.67. The lowest BCUT2D eigenvalue weighted by Crippen LogP contribution is -2.28. The zero-order valence-electron chi connectivity index (χ0n) is 12.8. The van der Waals surface area contributed by atoms with Crippen molar-refractivity contribution in [3.63, 3.8) is 0 Å². The summed E-state index contributed by atoms with van der Waals surface area (Å²) in [6, 6.07) is 0. The molecule has 3 atom stereocenters. The minimum absolute atomic E-state index is 0.102. The number of unbranched alkanes of at least 4 members (excludes halogenated alkanes) is 4. The fourth-order valence-corrected chi connectivity index (χ4v) is 2.34. The number of halogens is 2. The number of hydrogen-bond acceptors (Lipinski definition) is 3. The third-order valence-corrected chi connectivity index (χ3v) is 3.74. The van der Waals surface area contributed by atoms with Crippen molar-refractivity contribution in [1.29, 1.82) is 0 Å². The van der Waals surface area contributed by atoms with E-state index in [0.717, 1.165) is 51.4 Å². The van der Waals surface area contributed by atoms with E-state index < -0.39 is 6.10 Å². The van der Waals surface area contributed by atoms with Crippen LogP contribution in [-0.2, 0) is 9.47 Å². The summed E-state index contributed by atoms with van der Waals surface area (Å²) in [4.78, 5) is 0. The van der Waals surface area contributed by atoms with Gasteiger partial charge in [-0.1, -0.05) is 62.7 Å². The van der Waals surface area contributed by atoms with Crippen LogP contribution in [0.15, 0.2) is 0 Å². The first-order chi connectivity index (χ1) is 9.63. The molecule has 0 saturated carbocycles. The van der Waals surface area contributed by atoms with Gasteiger partial charge in [-0.15, -0.1) is 0 Å². The molecule has 0 radical (unpaired) electrons. The Labute approximate surface area is 133 Å². The number of ether oxygens (including phenoxy) is 2. The molecule has 0 saturated heterocycles. The smallest absolute Gasteiger partial charge is 0.131 e. The SMILES string of the molecule is CCCCCC(Cl)OCC(CO)OC(Cl)CCCCC. The molecule has 0 amide bonds. The van der Waals surface area contributed by atoms with Gasteiger partial charge >= 0.3 is 0 Å². The van der Waals surface area contributed by atoms with Crippen molar-refractivity contribution >= 4 is 23.2 Å². The van der Waals surface area contributed by atoms with Crippen molar-refractivity contribution in [3.05, 3.63) is 0 Å². The molecule has 0 spiro atoms. The summed E-state index contributed by atoms with van der Waals surface area (Å²) in [5.74, 6) is 0. The molecule has 0 heterocycles. The monoisotopic (exact) mass is 328 g/mol. The van der Waals surface area contributed by atoms with Gasteiger partial charge in [-0.2, -0.15) is 0 Å². The first-order valence-corrected chi connectivity index (χ1v) is 8.67. The van der Waals surface area contributed by atoms with E-state index in [9.17, 15) is 5.11 Å². The summed E-state index contributed by atoms with van der Waals surface area (Å²) in [5, 5.41) is 9.27. The van der Waals surface area contributed by atoms with Gasteiger partial charge in [0.05, 0.1) is 13.2 Å². The van der Waals surface area contributed by atoms with E-state index in [1.165, 1.54) is 0 Å². The molecule has 20 heavy (non-hydrogen) atoms. The summed E-state index contributed by atoms with van der Waals surface area (Å²) < 4.78 is 11.0. The highest BCUT2D eigenvalue weighted by Crippen LogP contribution is 2.15. The van der Waals surface area contributed by atoms with Gasteiger partial charge in [0.2, 0.25) is 0 Å². The van der Waals surface area contributed by atoms with Crippen molar-refractivity contribution in [3.8, 4) is 0 Å². The van der Waals surface area contributed by atoms with E-state index in [1.807, 2.05) is 0 Å². The highest BCUT2D eigenvalue weighted by molar-refractivity contribution is 6.19. The van der Waals surface area contributed by atoms with Crippen LogP contribution in [0.2, 0.25) is 0 Å². The molecule has 0 aliphatic carbocycles. The molecule has 0 aliphatic heterocycles. The summed E-state index contributed by atoms with van der Waals surface area (Å²) in [6.07, 6.45) is 7.96. The molecule has 0 bridgehead atoms. The lowest BCUT2D eigenvalue weighted by Gasteiger charge is -2.21. The third kappa shape index (κ3) is 12.2. The molecule has 3 nitrogen and oxygen atoms in total. The molecule has 0 aromatic carbocycles. The fourth-order valence-electron chi connectivity index (χ4n) is 1.82. The molecular formula is C15H30Cl2O3. The van der Waals surface area contributed by atoms with Gasteiger partial charge < -0.3 is 14.6 Å². The topological polar surface area (TPSA) is 38.7 Å². The van der Waals surface area contributed by atoms with Crippen LogP contribution >= 0.6 is 23.2 Å². The van der Waals surface area contributed by atoms with Gasteiger partial charge in [-0.3, -0.25) is 0 Å². The molecule has 0 fully saturated rings. The van der Waals surface area contributed by atoms with Crippen LogP contribution < -0.4 is 0 Å². The number of aliphatic hydroxyl groups excluding tert-OH is 1. The summed E-state index contributed by atoms with van der Waals surface area (Å²) >= 11 is 12.2. The Balaban J connectivity index is 3.73. The van der Waals surface area contributed by atoms with Gasteiger partial charge in [-0.05, 0) is 25.7 Å². The molecule has 0 aromatic heterocycles. The molecule has 0 aromatic rings. The minimum atomic E-state index is -0.397. The van der Waals surface area contributed by atoms with Gasteiger partial charge in [0.15, 0.2) is 0 Å². The van der Waals surface area contributed by atoms with Crippen LogP contribution in [0.1, 0.15) is 65.2 Å². The van der Waals surface area contributed by atoms with Crippen molar-refractivity contribution in [2.45, 2.75) is 82.4 Å². The van der Waals surface area contributed by atoms with Crippen molar-refractivity contribution < 1.29 is 14.6 Å². The Bertz CT molecular complexity index is 206. The van der Waals surface area contributed by atoms with Crippen molar-refractivity contribution in [2.24, 2.45) is 0 Å². The largest absolute Gasteiger partial charge is 0.394 e. The van der Waals surface area contributed by atoms with Crippen LogP contribution in [0.3, 0.4) is 0 Å². The Kier molecular flexibility index (Phi) is 14.7. The van der Waals surface area contributed by atoms with E-state index in [-0.39, 0.29) is 24.3 Å². The van der Waals surface area contributed by atoms with E-state index >= 15 is 0 Å². The second kappa shape index (κ2) is 14.4. The number of hydrogen-bond donors (Lipinski definition) is 1. The average molecular weight is 329 g/mol. The Morgan fingerprint density at radius 3 is 1.95 bits per heavy atom. The second-order valence-electron chi connectivity index (χ2n) is 5.09. The molecular weight excluding hydrogens is 299 g/mol. The van der Waals surface area contributed by atoms with E-state index in [2.05, 4.69) is 13.8 Å². The Hall–Kier alpha value is 0.460. The van der Waals surface area contributed by atoms with E-state index in [4.69, 9.17) is 32.7 Å². The third-order valence-electron chi connectivity index (χ3n) is 3.08. The van der Waals surface area contributed by atoms with Gasteiger partial charge in [0.25, 0.3) is 0 Å². The average Bonchev–Trinajstić information content (AvgIpc) is 2.44. The minimum Gasteiger partial charge on any atom is -0.394 e. The molecule has 122 valence electrons. The zero-order chi connectivity index (χ0) is 15.2. The van der Waals surface area contributed by atoms with Crippen LogP contribution in [0.5, 0.6) is 0 Å². The highest BCUT2D eigenvalue weighted by atomic mass is 35.5.